The molecule has 0 radical (unpaired) electrons. The number of fused-ring (bicyclic) bond motifs is 1. The van der Waals surface area contributed by atoms with Gasteiger partial charge in [0.2, 0.25) is 0 Å². The molecule has 1 aromatic heterocycles. The van der Waals surface area contributed by atoms with Gasteiger partial charge in [-0.25, -0.2) is 9.48 Å². The molecule has 2 N–H and O–H groups in total. The first-order valence-electron chi connectivity index (χ1n) is 5.58. The molecule has 1 aromatic rings. The molecular weight excluding hydrogens is 289 g/mol. The molecular formula is C10H10F5N3O2. The maximum absolute atomic E-state index is 13.5. The zero-order valence-corrected chi connectivity index (χ0v) is 10.1. The van der Waals surface area contributed by atoms with Gasteiger partial charge in [-0.05, 0) is 13.3 Å². The second-order valence-electron chi connectivity index (χ2n) is 4.58. The summed E-state index contributed by atoms with van der Waals surface area (Å²) in [5.74, 6) is -6.68. The fraction of sp³-hybridized carbons (Fsp3) is 0.600. The van der Waals surface area contributed by atoms with Crippen LogP contribution >= 0.6 is 0 Å². The van der Waals surface area contributed by atoms with E-state index in [0.717, 1.165) is 6.07 Å². The second kappa shape index (κ2) is 4.32. The largest absolute Gasteiger partial charge is 0.476 e. The van der Waals surface area contributed by atoms with E-state index in [2.05, 4.69) is 10.4 Å². The Morgan fingerprint density at radius 2 is 2.05 bits per heavy atom. The van der Waals surface area contributed by atoms with Crippen molar-refractivity contribution in [3.8, 4) is 0 Å². The lowest BCUT2D eigenvalue weighted by atomic mass is 9.99. The average molecular weight is 299 g/mol. The molecule has 0 unspecified atom stereocenters. The second-order valence-corrected chi connectivity index (χ2v) is 4.58. The summed E-state index contributed by atoms with van der Waals surface area (Å²) in [5.41, 5.74) is -0.593. The van der Waals surface area contributed by atoms with E-state index in [1.807, 2.05) is 0 Å². The number of nitrogens with one attached hydrogen (secondary N) is 1. The van der Waals surface area contributed by atoms with Crippen molar-refractivity contribution in [1.29, 1.82) is 0 Å². The number of hydrogen-bond acceptors (Lipinski definition) is 3. The van der Waals surface area contributed by atoms with Crippen LogP contribution in [0.1, 0.15) is 29.9 Å². The summed E-state index contributed by atoms with van der Waals surface area (Å²) in [5, 5.41) is 14.7. The third-order valence-corrected chi connectivity index (χ3v) is 3.02. The van der Waals surface area contributed by atoms with Crippen molar-refractivity contribution in [2.24, 2.45) is 0 Å². The average Bonchev–Trinajstić information content (AvgIpc) is 2.69. The number of alkyl halides is 5. The molecule has 0 saturated carbocycles. The van der Waals surface area contributed by atoms with E-state index in [0.29, 0.717) is 4.68 Å². The maximum atomic E-state index is 13.5. The van der Waals surface area contributed by atoms with Crippen LogP contribution in [0.25, 0.3) is 0 Å². The molecule has 20 heavy (non-hydrogen) atoms. The fourth-order valence-electron chi connectivity index (χ4n) is 2.08. The van der Waals surface area contributed by atoms with Gasteiger partial charge in [0.25, 0.3) is 0 Å². The van der Waals surface area contributed by atoms with E-state index in [1.54, 1.807) is 0 Å². The van der Waals surface area contributed by atoms with Gasteiger partial charge in [0.15, 0.2) is 5.69 Å². The van der Waals surface area contributed by atoms with Gasteiger partial charge < -0.3 is 10.4 Å². The van der Waals surface area contributed by atoms with Crippen molar-refractivity contribution in [3.63, 3.8) is 0 Å². The van der Waals surface area contributed by atoms with Gasteiger partial charge >= 0.3 is 18.1 Å². The summed E-state index contributed by atoms with van der Waals surface area (Å²) in [6.45, 7) is 1.43. The number of carbonyl (C=O) groups is 1. The molecule has 0 fully saturated rings. The zero-order valence-electron chi connectivity index (χ0n) is 10.1. The highest BCUT2D eigenvalue weighted by atomic mass is 19.4. The monoisotopic (exact) mass is 299 g/mol. The van der Waals surface area contributed by atoms with Crippen molar-refractivity contribution in [2.75, 3.05) is 5.32 Å². The minimum Gasteiger partial charge on any atom is -0.476 e. The molecule has 2 rings (SSSR count). The molecule has 0 saturated heterocycles. The zero-order chi connectivity index (χ0) is 15.3. The van der Waals surface area contributed by atoms with Crippen LogP contribution in [0.2, 0.25) is 0 Å². The van der Waals surface area contributed by atoms with Crippen molar-refractivity contribution < 1.29 is 31.9 Å². The first-order chi connectivity index (χ1) is 9.04. The Morgan fingerprint density at radius 1 is 1.45 bits per heavy atom. The predicted molar refractivity (Wildman–Crippen MR) is 56.9 cm³/mol. The van der Waals surface area contributed by atoms with E-state index in [-0.39, 0.29) is 5.82 Å². The highest BCUT2D eigenvalue weighted by Gasteiger charge is 2.64. The van der Waals surface area contributed by atoms with Crippen LogP contribution < -0.4 is 5.32 Å². The van der Waals surface area contributed by atoms with Gasteiger partial charge in [0, 0.05) is 12.1 Å². The number of anilines is 1. The van der Waals surface area contributed by atoms with Gasteiger partial charge in [-0.15, -0.1) is 0 Å². The van der Waals surface area contributed by atoms with Crippen LogP contribution in [0.3, 0.4) is 0 Å². The van der Waals surface area contributed by atoms with E-state index in [4.69, 9.17) is 5.11 Å². The van der Waals surface area contributed by atoms with Crippen molar-refractivity contribution >= 4 is 11.8 Å². The van der Waals surface area contributed by atoms with Gasteiger partial charge in [-0.2, -0.15) is 27.1 Å². The molecule has 5 nitrogen and oxygen atoms in total. The standard InChI is InChI=1S/C10H10F5N3O2/c1-4-2-6(9(11,12)10(13,14)15)18-7(16-4)3-5(17-18)8(19)20/h3-4,6,16H,2H2,1H3,(H,19,20)/t4-,6+/m0/s1. The van der Waals surface area contributed by atoms with Gasteiger partial charge in [0.1, 0.15) is 11.9 Å². The van der Waals surface area contributed by atoms with Crippen molar-refractivity contribution in [1.82, 2.24) is 9.78 Å². The van der Waals surface area contributed by atoms with Crippen LogP contribution in [0.4, 0.5) is 27.8 Å². The lowest BCUT2D eigenvalue weighted by molar-refractivity contribution is -0.301. The molecule has 1 aliphatic heterocycles. The summed E-state index contributed by atoms with van der Waals surface area (Å²) in [6.07, 6.45) is -6.26. The van der Waals surface area contributed by atoms with Crippen LogP contribution in [0.15, 0.2) is 6.07 Å². The summed E-state index contributed by atoms with van der Waals surface area (Å²) in [6, 6.07) is -2.02. The molecule has 0 spiro atoms. The Hall–Kier alpha value is -1.87. The van der Waals surface area contributed by atoms with E-state index in [9.17, 15) is 26.7 Å². The summed E-state index contributed by atoms with van der Waals surface area (Å²) in [4.78, 5) is 10.7. The smallest absolute Gasteiger partial charge is 0.455 e. The number of hydrogen-bond donors (Lipinski definition) is 2. The number of nitrogens with zero attached hydrogens (tertiary/aromatic N) is 2. The SMILES string of the molecule is C[C@H]1C[C@H](C(F)(F)C(F)(F)F)n2nc(C(=O)O)cc2N1. The lowest BCUT2D eigenvalue weighted by Crippen LogP contribution is -2.48. The predicted octanol–water partition coefficient (Wildman–Crippen LogP) is 2.52. The number of carboxylic acids is 1. The Balaban J connectivity index is 2.50. The number of rotatable bonds is 2. The quantitative estimate of drug-likeness (QED) is 0.824. The minimum atomic E-state index is -5.73. The highest BCUT2D eigenvalue weighted by Crippen LogP contribution is 2.47. The molecule has 2 atom stereocenters. The Bertz CT molecular complexity index is 539. The topological polar surface area (TPSA) is 67.2 Å². The molecule has 10 heteroatoms. The highest BCUT2D eigenvalue weighted by molar-refractivity contribution is 5.86. The van der Waals surface area contributed by atoms with E-state index >= 15 is 0 Å². The number of halogens is 5. The van der Waals surface area contributed by atoms with Crippen molar-refractivity contribution in [3.05, 3.63) is 11.8 Å². The molecule has 0 bridgehead atoms. The third-order valence-electron chi connectivity index (χ3n) is 3.02. The fourth-order valence-corrected chi connectivity index (χ4v) is 2.08. The molecule has 112 valence electrons. The van der Waals surface area contributed by atoms with E-state index < -0.39 is 42.3 Å². The Kier molecular flexibility index (Phi) is 3.14. The van der Waals surface area contributed by atoms with Crippen LogP contribution in [0.5, 0.6) is 0 Å². The minimum absolute atomic E-state index is 0.171. The molecule has 0 aromatic carbocycles. The van der Waals surface area contributed by atoms with E-state index in [1.165, 1.54) is 6.92 Å². The van der Waals surface area contributed by atoms with Crippen LogP contribution in [0, 0.1) is 0 Å². The van der Waals surface area contributed by atoms with Crippen LogP contribution in [-0.4, -0.2) is 39.0 Å². The molecule has 0 amide bonds. The van der Waals surface area contributed by atoms with Gasteiger partial charge in [-0.3, -0.25) is 0 Å². The summed E-state index contributed by atoms with van der Waals surface area (Å²) in [7, 11) is 0. The Morgan fingerprint density at radius 3 is 2.55 bits per heavy atom. The summed E-state index contributed by atoms with van der Waals surface area (Å²) >= 11 is 0. The summed E-state index contributed by atoms with van der Waals surface area (Å²) < 4.78 is 64.9. The number of aromatic carboxylic acids is 1. The first kappa shape index (κ1) is 14.5. The van der Waals surface area contributed by atoms with Gasteiger partial charge in [0.05, 0.1) is 0 Å². The molecule has 0 aliphatic carbocycles. The Labute approximate surface area is 109 Å². The van der Waals surface area contributed by atoms with Crippen LogP contribution in [-0.2, 0) is 0 Å². The molecule has 2 heterocycles. The molecule has 1 aliphatic rings. The third kappa shape index (κ3) is 2.18. The lowest BCUT2D eigenvalue weighted by Gasteiger charge is -2.35. The number of aromatic nitrogens is 2. The van der Waals surface area contributed by atoms with Crippen molar-refractivity contribution in [2.45, 2.75) is 37.5 Å². The first-order valence-corrected chi connectivity index (χ1v) is 5.58. The van der Waals surface area contributed by atoms with Gasteiger partial charge in [-0.1, -0.05) is 0 Å². The maximum Gasteiger partial charge on any atom is 0.455 e. The normalized spacial score (nSPS) is 23.1. The number of carboxylic acid groups (broad SMARTS) is 1.